The molecule has 0 bridgehead atoms. The van der Waals surface area contributed by atoms with Gasteiger partial charge in [-0.25, -0.2) is 24.8 Å². The van der Waals surface area contributed by atoms with E-state index in [0.717, 1.165) is 38.6 Å². The van der Waals surface area contributed by atoms with Gasteiger partial charge >= 0.3 is 0 Å². The molecule has 6 nitrogen and oxygen atoms in total. The van der Waals surface area contributed by atoms with Gasteiger partial charge in [-0.1, -0.05) is 80.4 Å². The second-order valence-corrected chi connectivity index (χ2v) is 16.5. The minimum Gasteiger partial charge on any atom is -0.241 e. The number of benzene rings is 4. The van der Waals surface area contributed by atoms with Gasteiger partial charge in [0.25, 0.3) is 20.0 Å². The molecule has 1 aliphatic rings. The van der Waals surface area contributed by atoms with E-state index in [4.69, 9.17) is 0 Å². The molecule has 4 aromatic carbocycles. The van der Waals surface area contributed by atoms with Crippen LogP contribution in [-0.4, -0.2) is 24.8 Å². The number of aromatic nitrogens is 2. The molecule has 0 saturated heterocycles. The lowest BCUT2D eigenvalue weighted by Gasteiger charge is -2.43. The second-order valence-electron chi connectivity index (χ2n) is 12.9. The minimum atomic E-state index is -3.89. The molecule has 0 fully saturated rings. The summed E-state index contributed by atoms with van der Waals surface area (Å²) in [5, 5.41) is 1.76. The maximum absolute atomic E-state index is 14.1. The third kappa shape index (κ3) is 4.04. The zero-order valence-electron chi connectivity index (χ0n) is 25.4. The standard InChI is InChI=1S/C36H34N2O4S2/c1-24-12-16-26(17-13-24)43(39,40)37-21-20-28-29(8-6-10-32(28)37)36(5)23-35(3,4)30-9-7-11-33-34(30)31(36)22-38(33)44(41,42)27-18-14-25(2)15-19-27/h6-22H,23H2,1-5H3. The molecule has 0 aliphatic heterocycles. The van der Waals surface area contributed by atoms with E-state index in [1.807, 2.05) is 62.4 Å². The maximum atomic E-state index is 14.1. The first-order chi connectivity index (χ1) is 20.7. The molecular formula is C36H34N2O4S2. The van der Waals surface area contributed by atoms with Crippen LogP contribution in [0.15, 0.2) is 113 Å². The Labute approximate surface area is 258 Å². The number of rotatable bonds is 5. The highest BCUT2D eigenvalue weighted by Crippen LogP contribution is 2.54. The number of hydrogen-bond donors (Lipinski definition) is 0. The molecule has 0 radical (unpaired) electrons. The predicted octanol–water partition coefficient (Wildman–Crippen LogP) is 7.67. The van der Waals surface area contributed by atoms with Crippen molar-refractivity contribution < 1.29 is 16.8 Å². The molecule has 7 rings (SSSR count). The van der Waals surface area contributed by atoms with E-state index in [0.29, 0.717) is 17.5 Å². The van der Waals surface area contributed by atoms with E-state index in [1.165, 1.54) is 7.94 Å². The Kier molecular flexibility index (Phi) is 6.13. The van der Waals surface area contributed by atoms with Crippen molar-refractivity contribution in [2.75, 3.05) is 0 Å². The largest absolute Gasteiger partial charge is 0.268 e. The number of nitrogens with zero attached hydrogens (tertiary/aromatic N) is 2. The fourth-order valence-corrected chi connectivity index (χ4v) is 9.94. The summed E-state index contributed by atoms with van der Waals surface area (Å²) < 4.78 is 58.5. The van der Waals surface area contributed by atoms with Gasteiger partial charge in [0.15, 0.2) is 0 Å². The lowest BCUT2D eigenvalue weighted by atomic mass is 9.59. The minimum absolute atomic E-state index is 0.227. The summed E-state index contributed by atoms with van der Waals surface area (Å²) in [6, 6.07) is 27.4. The average Bonchev–Trinajstić information content (AvgIpc) is 3.60. The van der Waals surface area contributed by atoms with E-state index in [-0.39, 0.29) is 15.2 Å². The third-order valence-electron chi connectivity index (χ3n) is 9.36. The topological polar surface area (TPSA) is 78.1 Å². The fourth-order valence-electron chi connectivity index (χ4n) is 7.24. The van der Waals surface area contributed by atoms with Crippen LogP contribution in [0.25, 0.3) is 21.8 Å². The Morgan fingerprint density at radius 1 is 0.591 bits per heavy atom. The third-order valence-corrected chi connectivity index (χ3v) is 12.8. The molecule has 1 aliphatic carbocycles. The normalized spacial score (nSPS) is 18.2. The Hall–Kier alpha value is -4.14. The molecule has 224 valence electrons. The lowest BCUT2D eigenvalue weighted by Crippen LogP contribution is -2.37. The molecule has 1 unspecified atom stereocenters. The van der Waals surface area contributed by atoms with Gasteiger partial charge < -0.3 is 0 Å². The van der Waals surface area contributed by atoms with E-state index in [9.17, 15) is 16.8 Å². The van der Waals surface area contributed by atoms with Crippen LogP contribution in [0, 0.1) is 13.8 Å². The Balaban J connectivity index is 1.47. The smallest absolute Gasteiger partial charge is 0.241 e. The van der Waals surface area contributed by atoms with Gasteiger partial charge in [-0.15, -0.1) is 0 Å². The van der Waals surface area contributed by atoms with Crippen molar-refractivity contribution in [3.8, 4) is 0 Å². The summed E-state index contributed by atoms with van der Waals surface area (Å²) in [5.74, 6) is 0. The van der Waals surface area contributed by atoms with Crippen LogP contribution in [0.2, 0.25) is 0 Å². The summed E-state index contributed by atoms with van der Waals surface area (Å²) >= 11 is 0. The van der Waals surface area contributed by atoms with Crippen LogP contribution >= 0.6 is 0 Å². The summed E-state index contributed by atoms with van der Waals surface area (Å²) in [6.07, 6.45) is 4.12. The number of hydrogen-bond acceptors (Lipinski definition) is 4. The zero-order chi connectivity index (χ0) is 31.2. The first-order valence-corrected chi connectivity index (χ1v) is 17.5. The monoisotopic (exact) mass is 622 g/mol. The van der Waals surface area contributed by atoms with Crippen LogP contribution in [0.3, 0.4) is 0 Å². The Bertz CT molecular complexity index is 2330. The molecule has 0 saturated carbocycles. The van der Waals surface area contributed by atoms with Crippen molar-refractivity contribution in [1.82, 2.24) is 7.94 Å². The van der Waals surface area contributed by atoms with E-state index >= 15 is 0 Å². The molecule has 0 amide bonds. The van der Waals surface area contributed by atoms with Gasteiger partial charge in [-0.2, -0.15) is 0 Å². The summed E-state index contributed by atoms with van der Waals surface area (Å²) in [4.78, 5) is 0.461. The van der Waals surface area contributed by atoms with Crippen molar-refractivity contribution in [1.29, 1.82) is 0 Å². The summed E-state index contributed by atoms with van der Waals surface area (Å²) in [5.41, 5.74) is 5.27. The van der Waals surface area contributed by atoms with Gasteiger partial charge in [-0.05, 0) is 84.8 Å². The van der Waals surface area contributed by atoms with E-state index < -0.39 is 25.5 Å². The van der Waals surface area contributed by atoms with Crippen molar-refractivity contribution in [3.05, 3.63) is 131 Å². The lowest BCUT2D eigenvalue weighted by molar-refractivity contribution is 0.364. The molecule has 8 heteroatoms. The van der Waals surface area contributed by atoms with Gasteiger partial charge in [0.05, 0.1) is 20.8 Å². The molecule has 2 heterocycles. The Morgan fingerprint density at radius 2 is 1.11 bits per heavy atom. The number of aryl methyl sites for hydroxylation is 2. The zero-order valence-corrected chi connectivity index (χ0v) is 27.0. The quantitative estimate of drug-likeness (QED) is 0.198. The first-order valence-electron chi connectivity index (χ1n) is 14.7. The van der Waals surface area contributed by atoms with Crippen molar-refractivity contribution in [2.45, 2.75) is 61.7 Å². The van der Waals surface area contributed by atoms with Crippen LogP contribution in [0.1, 0.15) is 55.0 Å². The van der Waals surface area contributed by atoms with E-state index in [1.54, 1.807) is 48.8 Å². The first kappa shape index (κ1) is 28.6. The predicted molar refractivity (Wildman–Crippen MR) is 175 cm³/mol. The molecule has 0 N–H and O–H groups in total. The molecule has 2 aromatic heterocycles. The summed E-state index contributed by atoms with van der Waals surface area (Å²) in [6.45, 7) is 10.4. The van der Waals surface area contributed by atoms with Crippen molar-refractivity contribution >= 4 is 41.9 Å². The highest BCUT2D eigenvalue weighted by atomic mass is 32.2. The molecule has 6 aromatic rings. The van der Waals surface area contributed by atoms with Crippen LogP contribution < -0.4 is 0 Å². The molecule has 1 atom stereocenters. The van der Waals surface area contributed by atoms with Crippen molar-refractivity contribution in [3.63, 3.8) is 0 Å². The molecule has 0 spiro atoms. The van der Waals surface area contributed by atoms with Gasteiger partial charge in [0.2, 0.25) is 0 Å². The average molecular weight is 623 g/mol. The van der Waals surface area contributed by atoms with E-state index in [2.05, 4.69) is 26.8 Å². The van der Waals surface area contributed by atoms with Crippen molar-refractivity contribution in [2.24, 2.45) is 0 Å². The SMILES string of the molecule is Cc1ccc(S(=O)(=O)n2ccc3c(C4(C)CC(C)(C)c5cccc6c5c4cn6S(=O)(=O)c4ccc(C)cc4)cccc32)cc1. The molecule has 44 heavy (non-hydrogen) atoms. The van der Waals surface area contributed by atoms with Gasteiger partial charge in [0, 0.05) is 28.6 Å². The highest BCUT2D eigenvalue weighted by molar-refractivity contribution is 7.90. The fraction of sp³-hybridized carbons (Fsp3) is 0.222. The van der Waals surface area contributed by atoms with Crippen LogP contribution in [0.5, 0.6) is 0 Å². The van der Waals surface area contributed by atoms with Crippen LogP contribution in [-0.2, 0) is 30.9 Å². The van der Waals surface area contributed by atoms with Gasteiger partial charge in [0.1, 0.15) is 0 Å². The van der Waals surface area contributed by atoms with Gasteiger partial charge in [-0.3, -0.25) is 0 Å². The second kappa shape index (κ2) is 9.43. The number of fused-ring (bicyclic) bond motifs is 1. The summed E-state index contributed by atoms with van der Waals surface area (Å²) in [7, 11) is -7.72. The highest BCUT2D eigenvalue weighted by Gasteiger charge is 2.45. The van der Waals surface area contributed by atoms with Crippen LogP contribution in [0.4, 0.5) is 0 Å². The maximum Gasteiger partial charge on any atom is 0.268 e. The Morgan fingerprint density at radius 3 is 1.70 bits per heavy atom. The molecular weight excluding hydrogens is 589 g/mol.